The molecule has 3 atom stereocenters. The Labute approximate surface area is 77.7 Å². The van der Waals surface area contributed by atoms with E-state index in [2.05, 4.69) is 11.9 Å². The molecule has 0 spiro atoms. The summed E-state index contributed by atoms with van der Waals surface area (Å²) in [4.78, 5) is 3.00. The highest BCUT2D eigenvalue weighted by Gasteiger charge is 2.32. The molecule has 13 heavy (non-hydrogen) atoms. The van der Waals surface area contributed by atoms with Crippen LogP contribution in [0.25, 0.3) is 0 Å². The van der Waals surface area contributed by atoms with Gasteiger partial charge in [0, 0.05) is 18.5 Å². The highest BCUT2D eigenvalue weighted by Crippen LogP contribution is 2.30. The smallest absolute Gasteiger partial charge is 0.120 e. The molecule has 0 amide bonds. The Morgan fingerprint density at radius 2 is 2.54 bits per heavy atom. The van der Waals surface area contributed by atoms with Gasteiger partial charge < -0.3 is 14.8 Å². The number of hydrogen-bond donors (Lipinski definition) is 2. The van der Waals surface area contributed by atoms with Crippen LogP contribution in [0.3, 0.4) is 0 Å². The first kappa shape index (κ1) is 8.78. The number of H-pyrrole nitrogens is 1. The first-order chi connectivity index (χ1) is 6.29. The van der Waals surface area contributed by atoms with E-state index in [0.29, 0.717) is 5.92 Å². The van der Waals surface area contributed by atoms with Crippen molar-refractivity contribution in [1.29, 1.82) is 0 Å². The van der Waals surface area contributed by atoms with Gasteiger partial charge in [0.1, 0.15) is 6.10 Å². The molecule has 1 aromatic heterocycles. The van der Waals surface area contributed by atoms with Crippen molar-refractivity contribution in [2.45, 2.75) is 25.6 Å². The van der Waals surface area contributed by atoms with E-state index >= 15 is 0 Å². The fraction of sp³-hybridized carbons (Fsp3) is 0.600. The van der Waals surface area contributed by atoms with Gasteiger partial charge in [-0.1, -0.05) is 6.92 Å². The summed E-state index contributed by atoms with van der Waals surface area (Å²) in [6.07, 6.45) is 2.31. The Bertz CT molecular complexity index is 258. The van der Waals surface area contributed by atoms with Gasteiger partial charge in [0.05, 0.1) is 6.10 Å². The van der Waals surface area contributed by atoms with Gasteiger partial charge in [0.15, 0.2) is 0 Å². The molecule has 1 fully saturated rings. The largest absolute Gasteiger partial charge is 0.384 e. The van der Waals surface area contributed by atoms with Gasteiger partial charge in [-0.2, -0.15) is 0 Å². The minimum Gasteiger partial charge on any atom is -0.384 e. The topological polar surface area (TPSA) is 45.2 Å². The van der Waals surface area contributed by atoms with Crippen molar-refractivity contribution in [3.63, 3.8) is 0 Å². The molecule has 0 saturated carbocycles. The zero-order valence-electron chi connectivity index (χ0n) is 7.73. The molecule has 0 aliphatic carbocycles. The molecule has 0 aromatic carbocycles. The highest BCUT2D eigenvalue weighted by molar-refractivity contribution is 5.09. The van der Waals surface area contributed by atoms with Gasteiger partial charge >= 0.3 is 0 Å². The molecule has 0 radical (unpaired) electrons. The number of aliphatic hydroxyl groups excluding tert-OH is 1. The normalized spacial score (nSPS) is 30.6. The van der Waals surface area contributed by atoms with Crippen molar-refractivity contribution in [3.8, 4) is 0 Å². The van der Waals surface area contributed by atoms with E-state index in [9.17, 15) is 5.11 Å². The summed E-state index contributed by atoms with van der Waals surface area (Å²) >= 11 is 0. The first-order valence-electron chi connectivity index (χ1n) is 4.72. The van der Waals surface area contributed by atoms with Crippen molar-refractivity contribution < 1.29 is 9.84 Å². The third kappa shape index (κ3) is 1.62. The fourth-order valence-corrected chi connectivity index (χ4v) is 1.83. The van der Waals surface area contributed by atoms with Crippen LogP contribution in [0.2, 0.25) is 0 Å². The van der Waals surface area contributed by atoms with E-state index in [1.165, 1.54) is 0 Å². The number of aromatic nitrogens is 1. The highest BCUT2D eigenvalue weighted by atomic mass is 16.5. The van der Waals surface area contributed by atoms with Crippen LogP contribution in [-0.4, -0.2) is 22.8 Å². The van der Waals surface area contributed by atoms with E-state index in [4.69, 9.17) is 4.74 Å². The van der Waals surface area contributed by atoms with E-state index in [1.807, 2.05) is 18.3 Å². The molecule has 1 aromatic rings. The minimum absolute atomic E-state index is 0.0429. The number of hydrogen-bond acceptors (Lipinski definition) is 2. The lowest BCUT2D eigenvalue weighted by atomic mass is 9.98. The average molecular weight is 181 g/mol. The molecular formula is C10H15NO2. The molecule has 2 N–H and O–H groups in total. The van der Waals surface area contributed by atoms with E-state index < -0.39 is 6.10 Å². The number of rotatable bonds is 2. The van der Waals surface area contributed by atoms with E-state index in [1.54, 1.807) is 0 Å². The Morgan fingerprint density at radius 1 is 1.69 bits per heavy atom. The summed E-state index contributed by atoms with van der Waals surface area (Å²) in [5.41, 5.74) is 0.846. The Morgan fingerprint density at radius 3 is 3.08 bits per heavy atom. The summed E-state index contributed by atoms with van der Waals surface area (Å²) in [7, 11) is 0. The second-order valence-electron chi connectivity index (χ2n) is 3.67. The Hall–Kier alpha value is -0.800. The van der Waals surface area contributed by atoms with Crippen molar-refractivity contribution in [1.82, 2.24) is 4.98 Å². The van der Waals surface area contributed by atoms with Crippen LogP contribution < -0.4 is 0 Å². The van der Waals surface area contributed by atoms with Crippen molar-refractivity contribution in [2.24, 2.45) is 5.92 Å². The second kappa shape index (κ2) is 3.52. The molecule has 3 heteroatoms. The number of ether oxygens (including phenoxy) is 1. The number of aliphatic hydroxyl groups is 1. The molecule has 72 valence electrons. The zero-order valence-corrected chi connectivity index (χ0v) is 7.73. The lowest BCUT2D eigenvalue weighted by molar-refractivity contribution is -0.0195. The van der Waals surface area contributed by atoms with Gasteiger partial charge in [0.25, 0.3) is 0 Å². The zero-order chi connectivity index (χ0) is 9.26. The van der Waals surface area contributed by atoms with Gasteiger partial charge in [-0.15, -0.1) is 0 Å². The lowest BCUT2D eigenvalue weighted by Gasteiger charge is -2.20. The maximum Gasteiger partial charge on any atom is 0.120 e. The minimum atomic E-state index is -0.507. The summed E-state index contributed by atoms with van der Waals surface area (Å²) in [5.74, 6) is 0.443. The fourth-order valence-electron chi connectivity index (χ4n) is 1.83. The van der Waals surface area contributed by atoms with Crippen LogP contribution in [0, 0.1) is 5.92 Å². The quantitative estimate of drug-likeness (QED) is 0.725. The van der Waals surface area contributed by atoms with Crippen molar-refractivity contribution in [2.75, 3.05) is 6.61 Å². The first-order valence-corrected chi connectivity index (χ1v) is 4.72. The Balaban J connectivity index is 2.08. The summed E-state index contributed by atoms with van der Waals surface area (Å²) in [5, 5.41) is 9.92. The van der Waals surface area contributed by atoms with Crippen LogP contribution in [-0.2, 0) is 4.74 Å². The molecule has 1 aliphatic rings. The summed E-state index contributed by atoms with van der Waals surface area (Å²) < 4.78 is 5.48. The van der Waals surface area contributed by atoms with Crippen LogP contribution in [0.1, 0.15) is 25.1 Å². The summed E-state index contributed by atoms with van der Waals surface area (Å²) in [6.45, 7) is 2.88. The van der Waals surface area contributed by atoms with Crippen molar-refractivity contribution >= 4 is 0 Å². The van der Waals surface area contributed by atoms with Gasteiger partial charge in [-0.25, -0.2) is 0 Å². The number of aromatic amines is 1. The third-order valence-electron chi connectivity index (χ3n) is 2.70. The molecule has 3 unspecified atom stereocenters. The lowest BCUT2D eigenvalue weighted by Crippen LogP contribution is -2.23. The van der Waals surface area contributed by atoms with E-state index in [-0.39, 0.29) is 6.10 Å². The van der Waals surface area contributed by atoms with Gasteiger partial charge in [-0.05, 0) is 24.5 Å². The summed E-state index contributed by atoms with van der Waals surface area (Å²) in [6, 6.07) is 3.78. The molecule has 1 saturated heterocycles. The van der Waals surface area contributed by atoms with Crippen LogP contribution in [0.4, 0.5) is 0 Å². The molecule has 2 heterocycles. The monoisotopic (exact) mass is 181 g/mol. The van der Waals surface area contributed by atoms with Crippen LogP contribution in [0.5, 0.6) is 0 Å². The molecule has 3 nitrogen and oxygen atoms in total. The maximum atomic E-state index is 9.92. The number of nitrogens with one attached hydrogen (secondary N) is 1. The SMILES string of the molecule is CC1CCOC1C(O)c1ccc[nH]1. The second-order valence-corrected chi connectivity index (χ2v) is 3.67. The van der Waals surface area contributed by atoms with Crippen molar-refractivity contribution in [3.05, 3.63) is 24.0 Å². The third-order valence-corrected chi connectivity index (χ3v) is 2.70. The standard InChI is InChI=1S/C10H15NO2/c1-7-4-6-13-10(7)9(12)8-3-2-5-11-8/h2-3,5,7,9-12H,4,6H2,1H3. The van der Waals surface area contributed by atoms with Gasteiger partial charge in [0.2, 0.25) is 0 Å². The average Bonchev–Trinajstić information content (AvgIpc) is 2.72. The van der Waals surface area contributed by atoms with E-state index in [0.717, 1.165) is 18.7 Å². The van der Waals surface area contributed by atoms with Crippen LogP contribution >= 0.6 is 0 Å². The molecule has 1 aliphatic heterocycles. The predicted molar refractivity (Wildman–Crippen MR) is 49.3 cm³/mol. The molecule has 2 rings (SSSR count). The molecular weight excluding hydrogens is 166 g/mol. The Kier molecular flexibility index (Phi) is 2.38. The van der Waals surface area contributed by atoms with Gasteiger partial charge in [-0.3, -0.25) is 0 Å². The van der Waals surface area contributed by atoms with Crippen LogP contribution in [0.15, 0.2) is 18.3 Å². The predicted octanol–water partition coefficient (Wildman–Crippen LogP) is 1.47. The maximum absolute atomic E-state index is 9.92. The molecule has 0 bridgehead atoms.